The van der Waals surface area contributed by atoms with Crippen molar-refractivity contribution in [1.29, 1.82) is 0 Å². The number of carbonyl (C=O) groups excluding carboxylic acids is 1. The predicted molar refractivity (Wildman–Crippen MR) is 97.3 cm³/mol. The monoisotopic (exact) mass is 329 g/mol. The van der Waals surface area contributed by atoms with Crippen LogP contribution in [0.3, 0.4) is 0 Å². The number of rotatable bonds is 8. The molecular weight excluding hydrogens is 306 g/mol. The summed E-state index contributed by atoms with van der Waals surface area (Å²) in [5, 5.41) is 2.95. The summed E-state index contributed by atoms with van der Waals surface area (Å²) in [7, 11) is 0. The zero-order chi connectivity index (χ0) is 16.5. The van der Waals surface area contributed by atoms with Gasteiger partial charge in [0.05, 0.1) is 6.61 Å². The van der Waals surface area contributed by atoms with Gasteiger partial charge in [0.2, 0.25) is 0 Å². The van der Waals surface area contributed by atoms with E-state index in [1.54, 1.807) is 12.1 Å². The highest BCUT2D eigenvalue weighted by Crippen LogP contribution is 2.15. The van der Waals surface area contributed by atoms with E-state index in [1.807, 2.05) is 30.8 Å². The molecule has 0 saturated carbocycles. The summed E-state index contributed by atoms with van der Waals surface area (Å²) in [5.41, 5.74) is 3.34. The Labute approximate surface area is 142 Å². The lowest BCUT2D eigenvalue weighted by Crippen LogP contribution is -2.25. The van der Waals surface area contributed by atoms with E-state index in [0.717, 1.165) is 17.3 Å². The van der Waals surface area contributed by atoms with Crippen LogP contribution in [0.4, 0.5) is 0 Å². The molecule has 0 unspecified atom stereocenters. The molecule has 1 amide bonds. The Bertz CT molecular complexity index is 626. The first-order valence-electron chi connectivity index (χ1n) is 7.84. The molecule has 4 heteroatoms. The number of nitrogens with one attached hydrogen (secondary N) is 1. The molecule has 0 saturated heterocycles. The first-order valence-corrected chi connectivity index (χ1v) is 8.99. The minimum absolute atomic E-state index is 0.0375. The molecule has 2 aromatic rings. The number of thioether (sulfide) groups is 1. The van der Waals surface area contributed by atoms with Crippen LogP contribution in [-0.2, 0) is 5.75 Å². The van der Waals surface area contributed by atoms with E-state index in [9.17, 15) is 4.79 Å². The predicted octanol–water partition coefficient (Wildman–Crippen LogP) is 4.06. The van der Waals surface area contributed by atoms with Crippen molar-refractivity contribution >= 4 is 17.7 Å². The summed E-state index contributed by atoms with van der Waals surface area (Å²) in [6.07, 6.45) is 0. The lowest BCUT2D eigenvalue weighted by molar-refractivity contribution is 0.0956. The fourth-order valence-corrected chi connectivity index (χ4v) is 3.10. The van der Waals surface area contributed by atoms with Crippen LogP contribution in [0.25, 0.3) is 0 Å². The highest BCUT2D eigenvalue weighted by atomic mass is 32.2. The molecule has 0 aliphatic heterocycles. The summed E-state index contributed by atoms with van der Waals surface area (Å²) in [5.74, 6) is 2.63. The Balaban J connectivity index is 1.69. The van der Waals surface area contributed by atoms with Gasteiger partial charge in [-0.25, -0.2) is 0 Å². The third-order valence-electron chi connectivity index (χ3n) is 3.48. The molecule has 2 rings (SSSR count). The zero-order valence-electron chi connectivity index (χ0n) is 13.7. The van der Waals surface area contributed by atoms with Gasteiger partial charge in [0.1, 0.15) is 5.75 Å². The largest absolute Gasteiger partial charge is 0.494 e. The van der Waals surface area contributed by atoms with E-state index >= 15 is 0 Å². The molecule has 1 N–H and O–H groups in total. The SMILES string of the molecule is CCOc1ccc(C(=O)NCCSCc2ccccc2C)cc1. The smallest absolute Gasteiger partial charge is 0.251 e. The summed E-state index contributed by atoms with van der Waals surface area (Å²) in [4.78, 5) is 12.0. The first kappa shape index (κ1) is 17.4. The van der Waals surface area contributed by atoms with Crippen molar-refractivity contribution in [2.75, 3.05) is 18.9 Å². The molecule has 0 spiro atoms. The fraction of sp³-hybridized carbons (Fsp3) is 0.316. The zero-order valence-corrected chi connectivity index (χ0v) is 14.5. The molecule has 0 aliphatic rings. The molecule has 2 aromatic carbocycles. The molecule has 0 heterocycles. The number of aryl methyl sites for hydroxylation is 1. The van der Waals surface area contributed by atoms with Crippen LogP contribution < -0.4 is 10.1 Å². The van der Waals surface area contributed by atoms with Gasteiger partial charge in [0.25, 0.3) is 5.91 Å². The van der Waals surface area contributed by atoms with Gasteiger partial charge in [0, 0.05) is 23.6 Å². The number of benzene rings is 2. The maximum absolute atomic E-state index is 12.0. The van der Waals surface area contributed by atoms with Crippen molar-refractivity contribution in [3.63, 3.8) is 0 Å². The summed E-state index contributed by atoms with van der Waals surface area (Å²) >= 11 is 1.83. The van der Waals surface area contributed by atoms with Crippen LogP contribution in [0.2, 0.25) is 0 Å². The summed E-state index contributed by atoms with van der Waals surface area (Å²) < 4.78 is 5.37. The molecule has 0 atom stereocenters. The third-order valence-corrected chi connectivity index (χ3v) is 4.49. The average molecular weight is 329 g/mol. The second-order valence-corrected chi connectivity index (χ2v) is 6.30. The minimum atomic E-state index is -0.0375. The Morgan fingerprint density at radius 1 is 1.13 bits per heavy atom. The first-order chi connectivity index (χ1) is 11.2. The van der Waals surface area contributed by atoms with Crippen molar-refractivity contribution in [3.8, 4) is 5.75 Å². The van der Waals surface area contributed by atoms with Gasteiger partial charge in [-0.3, -0.25) is 4.79 Å². The van der Waals surface area contributed by atoms with Crippen molar-refractivity contribution in [3.05, 3.63) is 65.2 Å². The second kappa shape index (κ2) is 9.26. The Morgan fingerprint density at radius 2 is 1.87 bits per heavy atom. The van der Waals surface area contributed by atoms with Crippen LogP contribution in [-0.4, -0.2) is 24.8 Å². The normalized spacial score (nSPS) is 10.3. The number of carbonyl (C=O) groups is 1. The van der Waals surface area contributed by atoms with E-state index in [4.69, 9.17) is 4.74 Å². The van der Waals surface area contributed by atoms with Gasteiger partial charge in [-0.15, -0.1) is 0 Å². The van der Waals surface area contributed by atoms with E-state index in [2.05, 4.69) is 36.5 Å². The molecular formula is C19H23NO2S. The maximum atomic E-state index is 12.0. The molecule has 0 radical (unpaired) electrons. The second-order valence-electron chi connectivity index (χ2n) is 5.19. The molecule has 3 nitrogen and oxygen atoms in total. The Morgan fingerprint density at radius 3 is 2.57 bits per heavy atom. The highest BCUT2D eigenvalue weighted by Gasteiger charge is 2.05. The molecule has 0 bridgehead atoms. The molecule has 0 fully saturated rings. The lowest BCUT2D eigenvalue weighted by atomic mass is 10.1. The van der Waals surface area contributed by atoms with Gasteiger partial charge in [-0.2, -0.15) is 11.8 Å². The van der Waals surface area contributed by atoms with Gasteiger partial charge in [-0.1, -0.05) is 24.3 Å². The number of hydrogen-bond donors (Lipinski definition) is 1. The van der Waals surface area contributed by atoms with Gasteiger partial charge in [-0.05, 0) is 49.2 Å². The minimum Gasteiger partial charge on any atom is -0.494 e. The van der Waals surface area contributed by atoms with E-state index in [1.165, 1.54) is 11.1 Å². The molecule has 0 aliphatic carbocycles. The average Bonchev–Trinajstić information content (AvgIpc) is 2.57. The number of amides is 1. The number of hydrogen-bond acceptors (Lipinski definition) is 3. The van der Waals surface area contributed by atoms with E-state index in [-0.39, 0.29) is 5.91 Å². The lowest BCUT2D eigenvalue weighted by Gasteiger charge is -2.08. The van der Waals surface area contributed by atoms with Crippen LogP contribution in [0, 0.1) is 6.92 Å². The van der Waals surface area contributed by atoms with Crippen molar-refractivity contribution in [2.24, 2.45) is 0 Å². The van der Waals surface area contributed by atoms with Crippen LogP contribution >= 0.6 is 11.8 Å². The van der Waals surface area contributed by atoms with Crippen molar-refractivity contribution in [1.82, 2.24) is 5.32 Å². The van der Waals surface area contributed by atoms with Gasteiger partial charge in [0.15, 0.2) is 0 Å². The number of ether oxygens (including phenoxy) is 1. The quantitative estimate of drug-likeness (QED) is 0.742. The maximum Gasteiger partial charge on any atom is 0.251 e. The van der Waals surface area contributed by atoms with E-state index in [0.29, 0.717) is 18.7 Å². The van der Waals surface area contributed by atoms with Crippen LogP contribution in [0.5, 0.6) is 5.75 Å². The fourth-order valence-electron chi connectivity index (χ4n) is 2.16. The van der Waals surface area contributed by atoms with Gasteiger partial charge < -0.3 is 10.1 Å². The molecule has 122 valence electrons. The van der Waals surface area contributed by atoms with Crippen LogP contribution in [0.15, 0.2) is 48.5 Å². The molecule has 0 aromatic heterocycles. The van der Waals surface area contributed by atoms with Crippen LogP contribution in [0.1, 0.15) is 28.4 Å². The van der Waals surface area contributed by atoms with Crippen molar-refractivity contribution < 1.29 is 9.53 Å². The van der Waals surface area contributed by atoms with Gasteiger partial charge >= 0.3 is 0 Å². The van der Waals surface area contributed by atoms with E-state index < -0.39 is 0 Å². The summed E-state index contributed by atoms with van der Waals surface area (Å²) in [6, 6.07) is 15.6. The Kier molecular flexibility index (Phi) is 7.01. The standard InChI is InChI=1S/C19H23NO2S/c1-3-22-18-10-8-16(9-11-18)19(21)20-12-13-23-14-17-7-5-4-6-15(17)2/h4-11H,3,12-14H2,1-2H3,(H,20,21). The topological polar surface area (TPSA) is 38.3 Å². The molecule has 23 heavy (non-hydrogen) atoms. The highest BCUT2D eigenvalue weighted by molar-refractivity contribution is 7.98. The Hall–Kier alpha value is -1.94. The third kappa shape index (κ3) is 5.64. The van der Waals surface area contributed by atoms with Crippen molar-refractivity contribution in [2.45, 2.75) is 19.6 Å². The summed E-state index contributed by atoms with van der Waals surface area (Å²) in [6.45, 7) is 5.37.